The van der Waals surface area contributed by atoms with Gasteiger partial charge in [-0.2, -0.15) is 17.5 Å². The molecule has 120 valence electrons. The lowest BCUT2D eigenvalue weighted by atomic mass is 10.0. The summed E-state index contributed by atoms with van der Waals surface area (Å²) in [7, 11) is 0. The third kappa shape index (κ3) is 2.86. The van der Waals surface area contributed by atoms with E-state index in [0.717, 1.165) is 23.7 Å². The van der Waals surface area contributed by atoms with Crippen LogP contribution in [0.3, 0.4) is 0 Å². The van der Waals surface area contributed by atoms with Crippen molar-refractivity contribution in [3.63, 3.8) is 0 Å². The number of hydrogen-bond acceptors (Lipinski definition) is 4. The van der Waals surface area contributed by atoms with Gasteiger partial charge < -0.3 is 0 Å². The maximum atomic E-state index is 12.7. The lowest BCUT2D eigenvalue weighted by Gasteiger charge is -2.12. The van der Waals surface area contributed by atoms with E-state index < -0.39 is 11.7 Å². The van der Waals surface area contributed by atoms with Crippen LogP contribution in [-0.4, -0.2) is 13.9 Å². The quantitative estimate of drug-likeness (QED) is 0.717. The number of nitrogens with zero attached hydrogens (tertiary/aromatic N) is 3. The van der Waals surface area contributed by atoms with Crippen molar-refractivity contribution in [3.8, 4) is 0 Å². The van der Waals surface area contributed by atoms with Gasteiger partial charge >= 0.3 is 6.18 Å². The maximum absolute atomic E-state index is 12.7. The van der Waals surface area contributed by atoms with Crippen LogP contribution in [0.25, 0.3) is 10.2 Å². The van der Waals surface area contributed by atoms with Crippen LogP contribution in [0.4, 0.5) is 13.2 Å². The summed E-state index contributed by atoms with van der Waals surface area (Å²) in [6.45, 7) is 3.50. The van der Waals surface area contributed by atoms with Crippen LogP contribution >= 0.6 is 11.5 Å². The lowest BCUT2D eigenvalue weighted by Crippen LogP contribution is -2.21. The molecule has 0 aliphatic rings. The predicted octanol–water partition coefficient (Wildman–Crippen LogP) is 3.54. The lowest BCUT2D eigenvalue weighted by molar-refractivity contribution is -0.137. The van der Waals surface area contributed by atoms with Gasteiger partial charge in [0.1, 0.15) is 0 Å². The first-order valence-electron chi connectivity index (χ1n) is 6.75. The zero-order valence-electron chi connectivity index (χ0n) is 12.3. The molecule has 0 N–H and O–H groups in total. The molecule has 0 aliphatic carbocycles. The van der Waals surface area contributed by atoms with Gasteiger partial charge in [-0.3, -0.25) is 9.36 Å². The maximum Gasteiger partial charge on any atom is 0.416 e. The van der Waals surface area contributed by atoms with E-state index in [-0.39, 0.29) is 12.1 Å². The average molecular weight is 339 g/mol. The second kappa shape index (κ2) is 5.45. The van der Waals surface area contributed by atoms with Crippen LogP contribution in [0.1, 0.15) is 22.4 Å². The number of benzene rings is 1. The molecule has 0 spiro atoms. The molecule has 0 fully saturated rings. The molecule has 23 heavy (non-hydrogen) atoms. The molecule has 3 aromatic rings. The summed E-state index contributed by atoms with van der Waals surface area (Å²) in [4.78, 5) is 17.2. The molecule has 0 bridgehead atoms. The third-order valence-electron chi connectivity index (χ3n) is 3.64. The van der Waals surface area contributed by atoms with Crippen molar-refractivity contribution >= 4 is 21.7 Å². The molecule has 4 nitrogen and oxygen atoms in total. The van der Waals surface area contributed by atoms with Crippen LogP contribution in [0.5, 0.6) is 0 Å². The van der Waals surface area contributed by atoms with E-state index in [2.05, 4.69) is 9.36 Å². The number of alkyl halides is 3. The van der Waals surface area contributed by atoms with Crippen molar-refractivity contribution in [1.29, 1.82) is 0 Å². The molecule has 0 saturated heterocycles. The minimum absolute atomic E-state index is 0.168. The second-order valence-corrected chi connectivity index (χ2v) is 6.02. The first kappa shape index (κ1) is 15.7. The highest BCUT2D eigenvalue weighted by Crippen LogP contribution is 2.30. The molecule has 8 heteroatoms. The minimum atomic E-state index is -4.37. The molecule has 0 amide bonds. The molecule has 2 heterocycles. The fourth-order valence-corrected chi connectivity index (χ4v) is 3.09. The Morgan fingerprint density at radius 2 is 2.00 bits per heavy atom. The number of hydrogen-bond donors (Lipinski definition) is 0. The first-order valence-corrected chi connectivity index (χ1v) is 7.53. The molecule has 0 radical (unpaired) electrons. The van der Waals surface area contributed by atoms with E-state index in [0.29, 0.717) is 27.0 Å². The number of aromatic nitrogens is 3. The van der Waals surface area contributed by atoms with E-state index in [1.165, 1.54) is 17.0 Å². The third-order valence-corrected chi connectivity index (χ3v) is 4.49. The fraction of sp³-hybridized carbons (Fsp3) is 0.267. The Hall–Kier alpha value is -2.22. The Balaban J connectivity index is 2.01. The van der Waals surface area contributed by atoms with E-state index in [1.54, 1.807) is 13.8 Å². The highest BCUT2D eigenvalue weighted by molar-refractivity contribution is 7.12. The standard InChI is InChI=1S/C15H12F3N3OS/c1-8-5-11(15(16,17)18)4-3-10(8)6-21-7-19-13-12(14(21)22)9(2)20-23-13/h3-5,7H,6H2,1-2H3. The molecular formula is C15H12F3N3OS. The van der Waals surface area contributed by atoms with Crippen molar-refractivity contribution in [2.45, 2.75) is 26.6 Å². The smallest absolute Gasteiger partial charge is 0.294 e. The van der Waals surface area contributed by atoms with Gasteiger partial charge in [0.2, 0.25) is 0 Å². The first-order chi connectivity index (χ1) is 10.8. The van der Waals surface area contributed by atoms with Crippen molar-refractivity contribution < 1.29 is 13.2 Å². The van der Waals surface area contributed by atoms with E-state index in [4.69, 9.17) is 0 Å². The fourth-order valence-electron chi connectivity index (χ4n) is 2.36. The van der Waals surface area contributed by atoms with Crippen molar-refractivity contribution in [2.24, 2.45) is 0 Å². The minimum Gasteiger partial charge on any atom is -0.294 e. The SMILES string of the molecule is Cc1cc(C(F)(F)F)ccc1Cn1cnc2snc(C)c2c1=O. The summed E-state index contributed by atoms with van der Waals surface area (Å²) in [6.07, 6.45) is -2.97. The van der Waals surface area contributed by atoms with Gasteiger partial charge in [0.15, 0.2) is 4.83 Å². The molecule has 0 atom stereocenters. The van der Waals surface area contributed by atoms with Crippen LogP contribution in [0.15, 0.2) is 29.3 Å². The van der Waals surface area contributed by atoms with Crippen molar-refractivity contribution in [2.75, 3.05) is 0 Å². The average Bonchev–Trinajstić information content (AvgIpc) is 2.85. The molecule has 0 saturated carbocycles. The molecule has 2 aromatic heterocycles. The Morgan fingerprint density at radius 1 is 1.26 bits per heavy atom. The highest BCUT2D eigenvalue weighted by atomic mass is 32.1. The van der Waals surface area contributed by atoms with Crippen LogP contribution in [0, 0.1) is 13.8 Å². The monoisotopic (exact) mass is 339 g/mol. The Labute approximate surface area is 133 Å². The predicted molar refractivity (Wildman–Crippen MR) is 81.7 cm³/mol. The number of halogens is 3. The number of rotatable bonds is 2. The van der Waals surface area contributed by atoms with E-state index >= 15 is 0 Å². The van der Waals surface area contributed by atoms with Gasteiger partial charge in [0.25, 0.3) is 5.56 Å². The van der Waals surface area contributed by atoms with Crippen LogP contribution < -0.4 is 5.56 Å². The number of aryl methyl sites for hydroxylation is 2. The Bertz CT molecular complexity index is 943. The normalized spacial score (nSPS) is 12.0. The van der Waals surface area contributed by atoms with E-state index in [1.807, 2.05) is 0 Å². The second-order valence-electron chi connectivity index (χ2n) is 5.26. The summed E-state index contributed by atoms with van der Waals surface area (Å²) in [6, 6.07) is 3.51. The van der Waals surface area contributed by atoms with Gasteiger partial charge in [-0.05, 0) is 48.6 Å². The Kier molecular flexibility index (Phi) is 3.71. The van der Waals surface area contributed by atoms with Gasteiger partial charge in [0.05, 0.1) is 29.5 Å². The zero-order chi connectivity index (χ0) is 16.8. The molecule has 0 aliphatic heterocycles. The largest absolute Gasteiger partial charge is 0.416 e. The van der Waals surface area contributed by atoms with Crippen LogP contribution in [-0.2, 0) is 12.7 Å². The number of fused-ring (bicyclic) bond motifs is 1. The molecule has 1 aromatic carbocycles. The summed E-state index contributed by atoms with van der Waals surface area (Å²) >= 11 is 1.15. The molecular weight excluding hydrogens is 327 g/mol. The van der Waals surface area contributed by atoms with Crippen molar-refractivity contribution in [3.05, 3.63) is 57.3 Å². The summed E-state index contributed by atoms with van der Waals surface area (Å²) < 4.78 is 43.6. The van der Waals surface area contributed by atoms with E-state index in [9.17, 15) is 18.0 Å². The summed E-state index contributed by atoms with van der Waals surface area (Å²) in [5, 5.41) is 0.460. The van der Waals surface area contributed by atoms with Gasteiger partial charge in [-0.1, -0.05) is 6.07 Å². The topological polar surface area (TPSA) is 47.8 Å². The van der Waals surface area contributed by atoms with Gasteiger partial charge in [-0.25, -0.2) is 4.98 Å². The highest BCUT2D eigenvalue weighted by Gasteiger charge is 2.30. The molecule has 3 rings (SSSR count). The zero-order valence-corrected chi connectivity index (χ0v) is 13.1. The summed E-state index contributed by atoms with van der Waals surface area (Å²) in [5.41, 5.74) is 0.799. The van der Waals surface area contributed by atoms with Crippen molar-refractivity contribution in [1.82, 2.24) is 13.9 Å². The van der Waals surface area contributed by atoms with Crippen LogP contribution in [0.2, 0.25) is 0 Å². The molecule has 0 unspecified atom stereocenters. The Morgan fingerprint density at radius 3 is 2.65 bits per heavy atom. The van der Waals surface area contributed by atoms with Gasteiger partial charge in [0, 0.05) is 0 Å². The van der Waals surface area contributed by atoms with Gasteiger partial charge in [-0.15, -0.1) is 0 Å². The summed E-state index contributed by atoms with van der Waals surface area (Å²) in [5.74, 6) is 0.